The molecule has 2 aliphatic carbocycles. The number of unbranched alkanes of at least 4 members (excludes halogenated alkanes) is 2. The predicted molar refractivity (Wildman–Crippen MR) is 140 cm³/mol. The summed E-state index contributed by atoms with van der Waals surface area (Å²) in [5.74, 6) is -3.88. The Morgan fingerprint density at radius 2 is 1.73 bits per heavy atom. The van der Waals surface area contributed by atoms with E-state index in [0.29, 0.717) is 12.8 Å². The average molecular weight is 525 g/mol. The van der Waals surface area contributed by atoms with Crippen LogP contribution < -0.4 is 0 Å². The number of carbonyl (C=O) groups excluding carboxylic acids is 2. The summed E-state index contributed by atoms with van der Waals surface area (Å²) in [5.41, 5.74) is 0.599. The summed E-state index contributed by atoms with van der Waals surface area (Å²) in [6.45, 7) is 13.1. The lowest BCUT2D eigenvalue weighted by atomic mass is 9.47. The van der Waals surface area contributed by atoms with Gasteiger partial charge >= 0.3 is 17.9 Å². The number of aliphatic hydroxyl groups is 1. The van der Waals surface area contributed by atoms with Gasteiger partial charge in [-0.3, -0.25) is 9.59 Å². The minimum atomic E-state index is -1.54. The molecule has 8 nitrogen and oxygen atoms in total. The van der Waals surface area contributed by atoms with Gasteiger partial charge in [0, 0.05) is 12.5 Å². The molecule has 0 bridgehead atoms. The molecular weight excluding hydrogens is 476 g/mol. The quantitative estimate of drug-likeness (QED) is 0.176. The lowest BCUT2D eigenvalue weighted by Crippen LogP contribution is -2.53. The van der Waals surface area contributed by atoms with Crippen LogP contribution in [0.4, 0.5) is 0 Å². The molecule has 0 aromatic carbocycles. The van der Waals surface area contributed by atoms with Crippen molar-refractivity contribution in [2.45, 2.75) is 98.0 Å². The highest BCUT2D eigenvalue weighted by molar-refractivity contribution is 5.86. The molecule has 37 heavy (non-hydrogen) atoms. The third-order valence-electron chi connectivity index (χ3n) is 8.75. The molecule has 2 N–H and O–H groups in total. The largest absolute Gasteiger partial charge is 0.479 e. The number of hydrogen-bond acceptors (Lipinski definition) is 7. The van der Waals surface area contributed by atoms with E-state index in [2.05, 4.69) is 20.4 Å². The molecule has 2 rings (SSSR count). The van der Waals surface area contributed by atoms with Gasteiger partial charge in [0.25, 0.3) is 0 Å². The van der Waals surface area contributed by atoms with E-state index in [1.807, 2.05) is 13.8 Å². The highest BCUT2D eigenvalue weighted by Gasteiger charge is 2.54. The standard InChI is InChI=1S/C29H48O8/c1-6-8-15-35-24(31)17-21(27(34)36-16-9-7-2)25(26(32)33)37-18-22-20(3)11-12-23-28(4,19-30)13-10-14-29(22,23)5/h21-23,25,30H,3,6-19H2,1-2,4-5H3,(H,32,33)/t21-,22-,23-,25+,28-,29+/m0/s1. The second-order valence-corrected chi connectivity index (χ2v) is 11.5. The molecule has 0 unspecified atom stereocenters. The monoisotopic (exact) mass is 524 g/mol. The fraction of sp³-hybridized carbons (Fsp3) is 0.828. The topological polar surface area (TPSA) is 119 Å². The molecule has 8 heteroatoms. The van der Waals surface area contributed by atoms with Crippen molar-refractivity contribution >= 4 is 17.9 Å². The van der Waals surface area contributed by atoms with Crippen LogP contribution in [0.5, 0.6) is 0 Å². The SMILES string of the molecule is C=C1CC[C@H]2[C@](C)(CO)CCC[C@]2(C)[C@H]1CO[C@@H](C(=O)O)[C@H](CC(=O)OCCCC)C(=O)OCCCC. The van der Waals surface area contributed by atoms with Crippen LogP contribution in [0.1, 0.15) is 91.9 Å². The van der Waals surface area contributed by atoms with Gasteiger partial charge in [0.15, 0.2) is 6.10 Å². The van der Waals surface area contributed by atoms with Crippen molar-refractivity contribution in [1.82, 2.24) is 0 Å². The first-order chi connectivity index (χ1) is 17.5. The van der Waals surface area contributed by atoms with Gasteiger partial charge in [0.2, 0.25) is 0 Å². The second-order valence-electron chi connectivity index (χ2n) is 11.5. The first-order valence-corrected chi connectivity index (χ1v) is 14.0. The number of rotatable bonds is 15. The zero-order valence-electron chi connectivity index (χ0n) is 23.3. The smallest absolute Gasteiger partial charge is 0.333 e. The number of carboxylic acids is 1. The maximum atomic E-state index is 12.9. The fourth-order valence-corrected chi connectivity index (χ4v) is 6.45. The van der Waals surface area contributed by atoms with Crippen LogP contribution in [0.15, 0.2) is 12.2 Å². The van der Waals surface area contributed by atoms with Crippen molar-refractivity contribution in [1.29, 1.82) is 0 Å². The molecule has 2 fully saturated rings. The summed E-state index contributed by atoms with van der Waals surface area (Å²) in [7, 11) is 0. The van der Waals surface area contributed by atoms with Crippen LogP contribution in [0.25, 0.3) is 0 Å². The van der Waals surface area contributed by atoms with Crippen molar-refractivity contribution in [3.63, 3.8) is 0 Å². The van der Waals surface area contributed by atoms with E-state index >= 15 is 0 Å². The van der Waals surface area contributed by atoms with Crippen LogP contribution in [0.2, 0.25) is 0 Å². The molecule has 0 aliphatic heterocycles. The number of aliphatic carboxylic acids is 1. The molecule has 0 amide bonds. The lowest BCUT2D eigenvalue weighted by molar-refractivity contribution is -0.174. The number of hydrogen-bond donors (Lipinski definition) is 2. The average Bonchev–Trinajstić information content (AvgIpc) is 2.84. The molecule has 6 atom stereocenters. The van der Waals surface area contributed by atoms with Crippen LogP contribution in [0.3, 0.4) is 0 Å². The third-order valence-corrected chi connectivity index (χ3v) is 8.75. The molecule has 0 aromatic rings. The zero-order valence-corrected chi connectivity index (χ0v) is 23.3. The number of esters is 2. The molecule has 0 saturated heterocycles. The number of ether oxygens (including phenoxy) is 3. The first-order valence-electron chi connectivity index (χ1n) is 14.0. The Balaban J connectivity index is 2.23. The van der Waals surface area contributed by atoms with Crippen molar-refractivity contribution in [2.24, 2.45) is 28.6 Å². The maximum Gasteiger partial charge on any atom is 0.333 e. The molecule has 212 valence electrons. The van der Waals surface area contributed by atoms with Crippen LogP contribution in [-0.2, 0) is 28.6 Å². The van der Waals surface area contributed by atoms with Gasteiger partial charge in [-0.15, -0.1) is 0 Å². The highest BCUT2D eigenvalue weighted by Crippen LogP contribution is 2.60. The van der Waals surface area contributed by atoms with Crippen LogP contribution in [-0.4, -0.2) is 60.7 Å². The normalized spacial score (nSPS) is 29.2. The van der Waals surface area contributed by atoms with Gasteiger partial charge in [-0.2, -0.15) is 0 Å². The van der Waals surface area contributed by atoms with E-state index in [1.54, 1.807) is 0 Å². The minimum Gasteiger partial charge on any atom is -0.479 e. The third kappa shape index (κ3) is 7.79. The van der Waals surface area contributed by atoms with Gasteiger partial charge in [-0.25, -0.2) is 4.79 Å². The Hall–Kier alpha value is -1.93. The van der Waals surface area contributed by atoms with E-state index in [0.717, 1.165) is 50.5 Å². The first kappa shape index (κ1) is 31.3. The van der Waals surface area contributed by atoms with Gasteiger partial charge < -0.3 is 24.4 Å². The van der Waals surface area contributed by atoms with Crippen molar-refractivity contribution in [2.75, 3.05) is 26.4 Å². The Labute approximate surface area is 222 Å². The molecule has 2 saturated carbocycles. The second kappa shape index (κ2) is 14.3. The minimum absolute atomic E-state index is 0.0773. The van der Waals surface area contributed by atoms with Gasteiger partial charge in [0.05, 0.1) is 26.2 Å². The summed E-state index contributed by atoms with van der Waals surface area (Å²) in [5, 5.41) is 20.3. The molecule has 2 aliphatic rings. The van der Waals surface area contributed by atoms with Gasteiger partial charge in [-0.1, -0.05) is 59.1 Å². The molecule has 0 heterocycles. The summed E-state index contributed by atoms with van der Waals surface area (Å²) < 4.78 is 16.6. The number of aliphatic hydroxyl groups excluding tert-OH is 1. The lowest BCUT2D eigenvalue weighted by Gasteiger charge is -2.58. The zero-order chi connectivity index (χ0) is 27.6. The summed E-state index contributed by atoms with van der Waals surface area (Å²) >= 11 is 0. The summed E-state index contributed by atoms with van der Waals surface area (Å²) in [4.78, 5) is 37.8. The van der Waals surface area contributed by atoms with Gasteiger partial charge in [-0.05, 0) is 55.3 Å². The summed E-state index contributed by atoms with van der Waals surface area (Å²) in [6, 6.07) is 0. The van der Waals surface area contributed by atoms with E-state index < -0.39 is 36.4 Å². The highest BCUT2D eigenvalue weighted by atomic mass is 16.5. The van der Waals surface area contributed by atoms with E-state index in [1.165, 1.54) is 0 Å². The maximum absolute atomic E-state index is 12.9. The van der Waals surface area contributed by atoms with Crippen molar-refractivity contribution in [3.8, 4) is 0 Å². The molecule has 0 aromatic heterocycles. The molecule has 0 radical (unpaired) electrons. The Bertz CT molecular complexity index is 795. The number of carboxylic acid groups (broad SMARTS) is 1. The predicted octanol–water partition coefficient (Wildman–Crippen LogP) is 4.92. The van der Waals surface area contributed by atoms with E-state index in [9.17, 15) is 24.6 Å². The van der Waals surface area contributed by atoms with Crippen molar-refractivity contribution in [3.05, 3.63) is 12.2 Å². The Kier molecular flexibility index (Phi) is 12.1. The number of carbonyl (C=O) groups is 3. The van der Waals surface area contributed by atoms with Crippen LogP contribution in [0, 0.1) is 28.6 Å². The molecular formula is C29H48O8. The van der Waals surface area contributed by atoms with Crippen molar-refractivity contribution < 1.29 is 38.8 Å². The number of fused-ring (bicyclic) bond motifs is 1. The Morgan fingerprint density at radius 3 is 2.32 bits per heavy atom. The van der Waals surface area contributed by atoms with Gasteiger partial charge in [0.1, 0.15) is 5.92 Å². The summed E-state index contributed by atoms with van der Waals surface area (Å²) in [6.07, 6.45) is 5.59. The van der Waals surface area contributed by atoms with E-state index in [-0.39, 0.29) is 49.1 Å². The molecule has 0 spiro atoms. The Morgan fingerprint density at radius 1 is 1.08 bits per heavy atom. The fourth-order valence-electron chi connectivity index (χ4n) is 6.45. The van der Waals surface area contributed by atoms with Crippen LogP contribution >= 0.6 is 0 Å². The van der Waals surface area contributed by atoms with E-state index in [4.69, 9.17) is 14.2 Å².